The van der Waals surface area contributed by atoms with Gasteiger partial charge in [0.1, 0.15) is 11.5 Å². The van der Waals surface area contributed by atoms with Crippen molar-refractivity contribution in [3.05, 3.63) is 65.7 Å². The van der Waals surface area contributed by atoms with Crippen LogP contribution in [0.5, 0.6) is 11.5 Å². The maximum atomic E-state index is 8.84. The zero-order chi connectivity index (χ0) is 16.5. The average molecular weight is 311 g/mol. The number of hydroxylamine groups is 1. The summed E-state index contributed by atoms with van der Waals surface area (Å²) in [7, 11) is 0. The topological polar surface area (TPSA) is 41.5 Å². The van der Waals surface area contributed by atoms with E-state index >= 15 is 0 Å². The van der Waals surface area contributed by atoms with Gasteiger partial charge in [0, 0.05) is 6.54 Å². The first-order valence-corrected chi connectivity index (χ1v) is 8.14. The number of nitrogens with one attached hydrogen (secondary N) is 1. The second-order valence-electron chi connectivity index (χ2n) is 5.64. The Hall–Kier alpha value is -2.10. The Morgan fingerprint density at radius 1 is 1.13 bits per heavy atom. The first-order valence-electron chi connectivity index (χ1n) is 8.14. The summed E-state index contributed by atoms with van der Waals surface area (Å²) in [5, 5.41) is 8.84. The molecule has 0 atom stereocenters. The van der Waals surface area contributed by atoms with Gasteiger partial charge in [-0.3, -0.25) is 0 Å². The Labute approximate surface area is 138 Å². The molecule has 0 fully saturated rings. The molecular weight excluding hydrogens is 286 g/mol. The van der Waals surface area contributed by atoms with E-state index in [1.165, 1.54) is 11.1 Å². The molecule has 0 aromatic heterocycles. The molecule has 0 unspecified atom stereocenters. The van der Waals surface area contributed by atoms with Gasteiger partial charge in [0.25, 0.3) is 0 Å². The highest BCUT2D eigenvalue weighted by atomic mass is 16.5. The minimum atomic E-state index is 0.447. The number of hydrogen-bond donors (Lipinski definition) is 2. The van der Waals surface area contributed by atoms with Gasteiger partial charge >= 0.3 is 0 Å². The molecular formula is C20H25NO2. The summed E-state index contributed by atoms with van der Waals surface area (Å²) in [6, 6.07) is 16.1. The van der Waals surface area contributed by atoms with Crippen LogP contribution in [0.15, 0.2) is 54.6 Å². The van der Waals surface area contributed by atoms with Crippen molar-refractivity contribution in [3.63, 3.8) is 0 Å². The molecule has 23 heavy (non-hydrogen) atoms. The van der Waals surface area contributed by atoms with E-state index in [1.807, 2.05) is 42.5 Å². The molecule has 0 aliphatic heterocycles. The van der Waals surface area contributed by atoms with Gasteiger partial charge in [-0.05, 0) is 55.2 Å². The fourth-order valence-corrected chi connectivity index (χ4v) is 2.40. The molecule has 0 radical (unpaired) electrons. The van der Waals surface area contributed by atoms with Crippen molar-refractivity contribution in [2.45, 2.75) is 33.1 Å². The van der Waals surface area contributed by atoms with Crippen molar-refractivity contribution < 1.29 is 9.94 Å². The monoisotopic (exact) mass is 311 g/mol. The van der Waals surface area contributed by atoms with Crippen LogP contribution in [0.3, 0.4) is 0 Å². The lowest BCUT2D eigenvalue weighted by Gasteiger charge is -2.11. The molecule has 0 amide bonds. The predicted octanol–water partition coefficient (Wildman–Crippen LogP) is 5.34. The van der Waals surface area contributed by atoms with Crippen LogP contribution in [0.2, 0.25) is 0 Å². The quantitative estimate of drug-likeness (QED) is 0.647. The maximum absolute atomic E-state index is 8.84. The highest BCUT2D eigenvalue weighted by molar-refractivity contribution is 5.67. The van der Waals surface area contributed by atoms with Crippen molar-refractivity contribution in [2.24, 2.45) is 0 Å². The van der Waals surface area contributed by atoms with Gasteiger partial charge in [-0.1, -0.05) is 49.2 Å². The van der Waals surface area contributed by atoms with E-state index in [-0.39, 0.29) is 0 Å². The summed E-state index contributed by atoms with van der Waals surface area (Å²) < 4.78 is 5.94. The molecule has 0 spiro atoms. The number of aryl methyl sites for hydroxylation is 1. The summed E-state index contributed by atoms with van der Waals surface area (Å²) in [5.41, 5.74) is 5.77. The van der Waals surface area contributed by atoms with Crippen LogP contribution in [0.4, 0.5) is 0 Å². The van der Waals surface area contributed by atoms with Gasteiger partial charge in [0.05, 0.1) is 0 Å². The minimum absolute atomic E-state index is 0.447. The van der Waals surface area contributed by atoms with Gasteiger partial charge in [0.2, 0.25) is 0 Å². The molecule has 2 aromatic carbocycles. The van der Waals surface area contributed by atoms with Crippen LogP contribution in [0, 0.1) is 6.92 Å². The van der Waals surface area contributed by atoms with Gasteiger partial charge in [-0.2, -0.15) is 0 Å². The van der Waals surface area contributed by atoms with Crippen LogP contribution in [0.1, 0.15) is 37.3 Å². The van der Waals surface area contributed by atoms with E-state index in [0.29, 0.717) is 6.54 Å². The average Bonchev–Trinajstić information content (AvgIpc) is 2.57. The third-order valence-corrected chi connectivity index (χ3v) is 3.70. The first-order chi connectivity index (χ1) is 11.2. The van der Waals surface area contributed by atoms with Gasteiger partial charge in [-0.15, -0.1) is 0 Å². The van der Waals surface area contributed by atoms with E-state index < -0.39 is 0 Å². The second kappa shape index (κ2) is 9.13. The van der Waals surface area contributed by atoms with Crippen LogP contribution in [-0.2, 0) is 0 Å². The van der Waals surface area contributed by atoms with Gasteiger partial charge < -0.3 is 9.94 Å². The fourth-order valence-electron chi connectivity index (χ4n) is 2.40. The lowest BCUT2D eigenvalue weighted by Crippen LogP contribution is -2.06. The lowest BCUT2D eigenvalue weighted by atomic mass is 9.99. The number of hydrogen-bond acceptors (Lipinski definition) is 3. The van der Waals surface area contributed by atoms with E-state index in [9.17, 15) is 0 Å². The second-order valence-corrected chi connectivity index (χ2v) is 5.64. The van der Waals surface area contributed by atoms with Crippen LogP contribution in [0.25, 0.3) is 5.57 Å². The van der Waals surface area contributed by atoms with Gasteiger partial charge in [0.15, 0.2) is 0 Å². The summed E-state index contributed by atoms with van der Waals surface area (Å²) >= 11 is 0. The van der Waals surface area contributed by atoms with E-state index in [0.717, 1.165) is 36.3 Å². The van der Waals surface area contributed by atoms with Crippen molar-refractivity contribution in [3.8, 4) is 11.5 Å². The molecule has 2 aromatic rings. The first kappa shape index (κ1) is 17.3. The van der Waals surface area contributed by atoms with Crippen molar-refractivity contribution in [1.29, 1.82) is 0 Å². The highest BCUT2D eigenvalue weighted by Gasteiger charge is 2.04. The van der Waals surface area contributed by atoms with Crippen LogP contribution < -0.4 is 10.2 Å². The number of allylic oxidation sites excluding steroid dienone is 1. The Kier molecular flexibility index (Phi) is 6.85. The number of ether oxygens (including phenoxy) is 1. The molecule has 0 saturated carbocycles. The van der Waals surface area contributed by atoms with Crippen molar-refractivity contribution >= 4 is 5.57 Å². The Bertz CT molecular complexity index is 632. The Morgan fingerprint density at radius 3 is 2.61 bits per heavy atom. The molecule has 122 valence electrons. The number of rotatable bonds is 8. The number of unbranched alkanes of at least 4 members (excludes halogenated alkanes) is 1. The zero-order valence-electron chi connectivity index (χ0n) is 13.9. The minimum Gasteiger partial charge on any atom is -0.457 e. The normalized spacial score (nSPS) is 11.5. The SMILES string of the molecule is CCCC/C(=C\CNO)c1cccc(Oc2ccc(C)cc2)c1. The molecule has 3 heteroatoms. The molecule has 0 aliphatic rings. The smallest absolute Gasteiger partial charge is 0.128 e. The molecule has 0 saturated heterocycles. The Balaban J connectivity index is 2.17. The molecule has 3 nitrogen and oxygen atoms in total. The maximum Gasteiger partial charge on any atom is 0.128 e. The predicted molar refractivity (Wildman–Crippen MR) is 95.0 cm³/mol. The number of benzene rings is 2. The standard InChI is InChI=1S/C20H25NO2/c1-3-4-6-17(13-14-21-22)18-7-5-8-20(15-18)23-19-11-9-16(2)10-12-19/h5,7-13,15,21-22H,3-4,6,14H2,1-2H3/b17-13+. The van der Waals surface area contributed by atoms with Gasteiger partial charge in [-0.25, -0.2) is 5.48 Å². The summed E-state index contributed by atoms with van der Waals surface area (Å²) in [6.07, 6.45) is 5.29. The highest BCUT2D eigenvalue weighted by Crippen LogP contribution is 2.27. The summed E-state index contributed by atoms with van der Waals surface area (Å²) in [4.78, 5) is 0. The third kappa shape index (κ3) is 5.55. The van der Waals surface area contributed by atoms with Crippen LogP contribution >= 0.6 is 0 Å². The fraction of sp³-hybridized carbons (Fsp3) is 0.300. The molecule has 0 bridgehead atoms. The summed E-state index contributed by atoms with van der Waals surface area (Å²) in [5.74, 6) is 1.66. The molecule has 2 N–H and O–H groups in total. The molecule has 2 rings (SSSR count). The third-order valence-electron chi connectivity index (χ3n) is 3.70. The molecule has 0 aliphatic carbocycles. The lowest BCUT2D eigenvalue weighted by molar-refractivity contribution is 0.179. The van der Waals surface area contributed by atoms with Crippen molar-refractivity contribution in [2.75, 3.05) is 6.54 Å². The zero-order valence-corrected chi connectivity index (χ0v) is 13.9. The largest absolute Gasteiger partial charge is 0.457 e. The summed E-state index contributed by atoms with van der Waals surface area (Å²) in [6.45, 7) is 4.69. The van der Waals surface area contributed by atoms with E-state index in [2.05, 4.69) is 31.5 Å². The van der Waals surface area contributed by atoms with Crippen LogP contribution in [-0.4, -0.2) is 11.8 Å². The van der Waals surface area contributed by atoms with E-state index in [4.69, 9.17) is 9.94 Å². The molecule has 0 heterocycles. The van der Waals surface area contributed by atoms with Crippen molar-refractivity contribution in [1.82, 2.24) is 5.48 Å². The Morgan fingerprint density at radius 2 is 1.91 bits per heavy atom. The van der Waals surface area contributed by atoms with E-state index in [1.54, 1.807) is 0 Å².